The summed E-state index contributed by atoms with van der Waals surface area (Å²) in [6.07, 6.45) is 1.54. The third kappa shape index (κ3) is 1.16. The number of rotatable bonds is 0. The number of aromatic nitrogens is 1. The fourth-order valence-electron chi connectivity index (χ4n) is 0.486. The molecule has 1 aromatic rings. The topological polar surface area (TPSA) is 63.4 Å². The molecular weight excluding hydrogens is 114 g/mol. The average Bonchev–Trinajstić information content (AvgIpc) is 1.88. The number of hydrogen-bond acceptors (Lipinski definition) is 2. The van der Waals surface area contributed by atoms with Gasteiger partial charge in [-0.3, -0.25) is 5.41 Å². The van der Waals surface area contributed by atoms with Crippen LogP contribution in [0.3, 0.4) is 0 Å². The van der Waals surface area contributed by atoms with Crippen LogP contribution in [-0.4, -0.2) is 4.98 Å². The first kappa shape index (κ1) is 5.57. The third-order valence-corrected chi connectivity index (χ3v) is 0.858. The lowest BCUT2D eigenvalue weighted by Gasteiger charge is -1.82. The second-order valence-electron chi connectivity index (χ2n) is 1.50. The molecule has 0 saturated heterocycles. The largest absolute Gasteiger partial charge is 0.347 e. The normalized spacial score (nSPS) is 8.33. The molecule has 0 aliphatic carbocycles. The summed E-state index contributed by atoms with van der Waals surface area (Å²) in [4.78, 5) is 2.57. The van der Waals surface area contributed by atoms with Gasteiger partial charge in [-0.15, -0.1) is 0 Å². The molecule has 0 bridgehead atoms. The predicted molar refractivity (Wildman–Crippen MR) is 30.2 cm³/mol. The Balaban J connectivity index is 3.28. The van der Waals surface area contributed by atoms with E-state index in [-0.39, 0.29) is 5.49 Å². The van der Waals surface area contributed by atoms with Gasteiger partial charge in [0.2, 0.25) is 0 Å². The van der Waals surface area contributed by atoms with E-state index in [1.165, 1.54) is 6.20 Å². The van der Waals surface area contributed by atoms with Gasteiger partial charge in [-0.25, -0.2) is 0 Å². The van der Waals surface area contributed by atoms with E-state index in [4.69, 9.17) is 10.7 Å². The van der Waals surface area contributed by atoms with Crippen LogP contribution in [0.25, 0.3) is 0 Å². The summed E-state index contributed by atoms with van der Waals surface area (Å²) >= 11 is 0. The molecule has 1 heterocycles. The van der Waals surface area contributed by atoms with Gasteiger partial charge >= 0.3 is 0 Å². The predicted octanol–water partition coefficient (Wildman–Crippen LogP) is 0.166. The van der Waals surface area contributed by atoms with Crippen LogP contribution in [0, 0.1) is 22.8 Å². The highest BCUT2D eigenvalue weighted by Gasteiger charge is 1.84. The molecule has 1 radical (unpaired) electrons. The molecule has 43 valence electrons. The third-order valence-electron chi connectivity index (χ3n) is 0.858. The molecule has 0 saturated carbocycles. The van der Waals surface area contributed by atoms with Crippen LogP contribution < -0.4 is 5.49 Å². The minimum Gasteiger partial charge on any atom is -0.347 e. The smallest absolute Gasteiger partial charge is 0.131 e. The zero-order valence-corrected chi connectivity index (χ0v) is 4.60. The van der Waals surface area contributed by atoms with Crippen LogP contribution in [0.15, 0.2) is 12.3 Å². The van der Waals surface area contributed by atoms with Crippen LogP contribution in [0.2, 0.25) is 0 Å². The molecule has 0 aromatic carbocycles. The van der Waals surface area contributed by atoms with Gasteiger partial charge in [0.1, 0.15) is 5.49 Å². The zero-order valence-electron chi connectivity index (χ0n) is 4.60. The van der Waals surface area contributed by atoms with Gasteiger partial charge < -0.3 is 4.98 Å². The van der Waals surface area contributed by atoms with Crippen LogP contribution in [0.5, 0.6) is 0 Å². The lowest BCUT2D eigenvalue weighted by Crippen LogP contribution is -2.03. The van der Waals surface area contributed by atoms with Crippen LogP contribution >= 0.6 is 0 Å². The Hall–Kier alpha value is -1.56. The van der Waals surface area contributed by atoms with E-state index in [1.807, 2.05) is 6.07 Å². The lowest BCUT2D eigenvalue weighted by molar-refractivity contribution is 1.09. The Morgan fingerprint density at radius 1 is 1.78 bits per heavy atom. The number of pyridine rings is 1. The van der Waals surface area contributed by atoms with Crippen molar-refractivity contribution >= 4 is 0 Å². The molecule has 2 N–H and O–H groups in total. The molecule has 0 unspecified atom stereocenters. The SMILES string of the molecule is N#Cc1[c]c(=N)[nH]cc1. The van der Waals surface area contributed by atoms with E-state index in [9.17, 15) is 0 Å². The Bertz CT molecular complexity index is 292. The Labute approximate surface area is 52.1 Å². The Morgan fingerprint density at radius 2 is 2.56 bits per heavy atom. The van der Waals surface area contributed by atoms with Gasteiger partial charge in [0, 0.05) is 12.3 Å². The van der Waals surface area contributed by atoms with Gasteiger partial charge in [0.15, 0.2) is 0 Å². The molecule has 0 spiro atoms. The van der Waals surface area contributed by atoms with Crippen molar-refractivity contribution < 1.29 is 0 Å². The van der Waals surface area contributed by atoms with Gasteiger partial charge in [-0.05, 0) is 6.07 Å². The number of H-pyrrole nitrogens is 1. The molecule has 0 aliphatic heterocycles. The number of nitriles is 1. The van der Waals surface area contributed by atoms with Crippen molar-refractivity contribution in [3.63, 3.8) is 0 Å². The number of nitrogens with zero attached hydrogens (tertiary/aromatic N) is 1. The molecule has 0 atom stereocenters. The lowest BCUT2D eigenvalue weighted by atomic mass is 10.3. The van der Waals surface area contributed by atoms with Gasteiger partial charge in [0.25, 0.3) is 0 Å². The minimum atomic E-state index is 0.133. The highest BCUT2D eigenvalue weighted by Crippen LogP contribution is 1.84. The Morgan fingerprint density at radius 3 is 3.00 bits per heavy atom. The minimum absolute atomic E-state index is 0.133. The summed E-state index contributed by atoms with van der Waals surface area (Å²) < 4.78 is 0. The highest BCUT2D eigenvalue weighted by atomic mass is 14.7. The van der Waals surface area contributed by atoms with Crippen LogP contribution in [0.1, 0.15) is 5.56 Å². The number of hydrogen-bond donors (Lipinski definition) is 2. The summed E-state index contributed by atoms with van der Waals surface area (Å²) in [6, 6.07) is 5.95. The van der Waals surface area contributed by atoms with E-state index >= 15 is 0 Å². The van der Waals surface area contributed by atoms with E-state index in [1.54, 1.807) is 6.07 Å². The second-order valence-corrected chi connectivity index (χ2v) is 1.50. The van der Waals surface area contributed by atoms with Crippen LogP contribution in [-0.2, 0) is 0 Å². The molecule has 1 rings (SSSR count). The van der Waals surface area contributed by atoms with Crippen molar-refractivity contribution in [3.05, 3.63) is 29.4 Å². The molecule has 0 amide bonds. The monoisotopic (exact) mass is 118 g/mol. The van der Waals surface area contributed by atoms with Crippen LogP contribution in [0.4, 0.5) is 0 Å². The molecule has 3 nitrogen and oxygen atoms in total. The highest BCUT2D eigenvalue weighted by molar-refractivity contribution is 5.23. The van der Waals surface area contributed by atoms with E-state index in [0.29, 0.717) is 5.56 Å². The molecule has 1 aromatic heterocycles. The van der Waals surface area contributed by atoms with Crippen molar-refractivity contribution in [2.24, 2.45) is 0 Å². The maximum Gasteiger partial charge on any atom is 0.131 e. The molecular formula is C6H4N3. The average molecular weight is 118 g/mol. The van der Waals surface area contributed by atoms with Crippen molar-refractivity contribution in [2.45, 2.75) is 0 Å². The maximum absolute atomic E-state index is 8.28. The first-order valence-corrected chi connectivity index (χ1v) is 2.38. The van der Waals surface area contributed by atoms with Crippen molar-refractivity contribution in [1.82, 2.24) is 4.98 Å². The van der Waals surface area contributed by atoms with Gasteiger partial charge in [0.05, 0.1) is 11.6 Å². The fraction of sp³-hybridized carbons (Fsp3) is 0. The first-order chi connectivity index (χ1) is 4.33. The molecule has 0 aliphatic rings. The summed E-state index contributed by atoms with van der Waals surface area (Å²) in [6.45, 7) is 0. The summed E-state index contributed by atoms with van der Waals surface area (Å²) in [5, 5.41) is 15.3. The summed E-state index contributed by atoms with van der Waals surface area (Å²) in [5.41, 5.74) is 0.521. The zero-order chi connectivity index (χ0) is 6.69. The standard InChI is InChI=1S/C6H4N3/c7-4-5-1-2-9-6(8)3-5/h1-2H,(H2,8,9). The summed E-state index contributed by atoms with van der Waals surface area (Å²) in [7, 11) is 0. The van der Waals surface area contributed by atoms with Crippen molar-refractivity contribution in [3.8, 4) is 6.07 Å². The Kier molecular flexibility index (Phi) is 1.32. The summed E-state index contributed by atoms with van der Waals surface area (Å²) in [5.74, 6) is 0. The van der Waals surface area contributed by atoms with E-state index in [2.05, 4.69) is 11.1 Å². The number of aromatic amines is 1. The van der Waals surface area contributed by atoms with Gasteiger partial charge in [-0.1, -0.05) is 0 Å². The van der Waals surface area contributed by atoms with E-state index in [0.717, 1.165) is 0 Å². The van der Waals surface area contributed by atoms with Crippen molar-refractivity contribution in [2.75, 3.05) is 0 Å². The van der Waals surface area contributed by atoms with E-state index < -0.39 is 0 Å². The molecule has 3 heteroatoms. The molecule has 9 heavy (non-hydrogen) atoms. The number of nitrogens with one attached hydrogen (secondary N) is 2. The quantitative estimate of drug-likeness (QED) is 0.501. The molecule has 0 fully saturated rings. The van der Waals surface area contributed by atoms with Gasteiger partial charge in [-0.2, -0.15) is 5.26 Å². The maximum atomic E-state index is 8.28. The van der Waals surface area contributed by atoms with Crippen molar-refractivity contribution in [1.29, 1.82) is 10.7 Å². The second kappa shape index (κ2) is 2.14. The first-order valence-electron chi connectivity index (χ1n) is 2.38. The fourth-order valence-corrected chi connectivity index (χ4v) is 0.486.